The molecule has 1 fully saturated rings. The van der Waals surface area contributed by atoms with E-state index < -0.39 is 11.9 Å². The first-order chi connectivity index (χ1) is 10.6. The molecule has 6 heteroatoms. The summed E-state index contributed by atoms with van der Waals surface area (Å²) in [5.41, 5.74) is 0.951. The third kappa shape index (κ3) is 2.87. The number of nitrogens with zero attached hydrogens (tertiary/aromatic N) is 2. The number of halogens is 2. The fraction of sp³-hybridized carbons (Fsp3) is 0.312. The van der Waals surface area contributed by atoms with Crippen molar-refractivity contribution in [1.29, 1.82) is 0 Å². The van der Waals surface area contributed by atoms with Gasteiger partial charge in [0.15, 0.2) is 11.6 Å². The first kappa shape index (κ1) is 15.1. The van der Waals surface area contributed by atoms with Crippen LogP contribution in [0.2, 0.25) is 5.02 Å². The molecular formula is C16H16ClFN2O2. The van der Waals surface area contributed by atoms with Gasteiger partial charge in [0.05, 0.1) is 24.3 Å². The number of aromatic nitrogens is 1. The summed E-state index contributed by atoms with van der Waals surface area (Å²) in [5, 5.41) is 10.3. The standard InChI is InChI=1S/C16H16ClFN2O2/c1-22-13-4-2-3-10(5-13)15-7-12(21)9-20(15)16-14(18)6-11(17)8-19-16/h2-6,8,12,15,21H,7,9H2,1H3/t12-,15-/m1/s1. The third-order valence-corrected chi connectivity index (χ3v) is 4.02. The van der Waals surface area contributed by atoms with Crippen LogP contribution in [0.4, 0.5) is 10.2 Å². The van der Waals surface area contributed by atoms with E-state index in [0.29, 0.717) is 13.0 Å². The van der Waals surface area contributed by atoms with E-state index in [9.17, 15) is 9.50 Å². The van der Waals surface area contributed by atoms with Crippen LogP contribution in [-0.2, 0) is 0 Å². The molecule has 0 spiro atoms. The fourth-order valence-electron chi connectivity index (χ4n) is 2.83. The van der Waals surface area contributed by atoms with Gasteiger partial charge in [-0.05, 0) is 30.2 Å². The van der Waals surface area contributed by atoms with E-state index in [4.69, 9.17) is 16.3 Å². The highest BCUT2D eigenvalue weighted by Gasteiger charge is 2.34. The molecular weight excluding hydrogens is 307 g/mol. The molecule has 0 saturated carbocycles. The molecule has 0 radical (unpaired) electrons. The number of rotatable bonds is 3. The largest absolute Gasteiger partial charge is 0.497 e. The first-order valence-electron chi connectivity index (χ1n) is 6.98. The lowest BCUT2D eigenvalue weighted by molar-refractivity contribution is 0.194. The second-order valence-electron chi connectivity index (χ2n) is 5.29. The van der Waals surface area contributed by atoms with E-state index in [2.05, 4.69) is 4.98 Å². The topological polar surface area (TPSA) is 45.6 Å². The van der Waals surface area contributed by atoms with Gasteiger partial charge in [-0.25, -0.2) is 9.37 Å². The molecule has 1 aliphatic heterocycles. The predicted molar refractivity (Wildman–Crippen MR) is 82.9 cm³/mol. The Balaban J connectivity index is 1.98. The highest BCUT2D eigenvalue weighted by molar-refractivity contribution is 6.30. The van der Waals surface area contributed by atoms with Crippen LogP contribution in [0.25, 0.3) is 0 Å². The van der Waals surface area contributed by atoms with Gasteiger partial charge in [-0.2, -0.15) is 0 Å². The quantitative estimate of drug-likeness (QED) is 0.942. The van der Waals surface area contributed by atoms with Gasteiger partial charge in [-0.15, -0.1) is 0 Å². The molecule has 1 aromatic heterocycles. The Kier molecular flexibility index (Phi) is 4.18. The van der Waals surface area contributed by atoms with Gasteiger partial charge in [0.25, 0.3) is 0 Å². The van der Waals surface area contributed by atoms with Crippen LogP contribution < -0.4 is 9.64 Å². The Morgan fingerprint density at radius 1 is 1.41 bits per heavy atom. The predicted octanol–water partition coefficient (Wildman–Crippen LogP) is 3.20. The molecule has 1 aliphatic rings. The minimum atomic E-state index is -0.534. The van der Waals surface area contributed by atoms with E-state index in [1.54, 1.807) is 12.0 Å². The van der Waals surface area contributed by atoms with Crippen molar-refractivity contribution in [2.45, 2.75) is 18.6 Å². The number of pyridine rings is 1. The Morgan fingerprint density at radius 3 is 2.95 bits per heavy atom. The van der Waals surface area contributed by atoms with Crippen molar-refractivity contribution < 1.29 is 14.2 Å². The summed E-state index contributed by atoms with van der Waals surface area (Å²) in [7, 11) is 1.60. The molecule has 1 aromatic carbocycles. The minimum absolute atomic E-state index is 0.159. The lowest BCUT2D eigenvalue weighted by Crippen LogP contribution is -2.26. The first-order valence-corrected chi connectivity index (χ1v) is 7.36. The maximum Gasteiger partial charge on any atom is 0.167 e. The third-order valence-electron chi connectivity index (χ3n) is 3.82. The van der Waals surface area contributed by atoms with Crippen LogP contribution in [0.15, 0.2) is 36.5 Å². The summed E-state index contributed by atoms with van der Waals surface area (Å²) in [6.07, 6.45) is 1.39. The fourth-order valence-corrected chi connectivity index (χ4v) is 2.98. The summed E-state index contributed by atoms with van der Waals surface area (Å²) >= 11 is 5.76. The van der Waals surface area contributed by atoms with Gasteiger partial charge >= 0.3 is 0 Å². The lowest BCUT2D eigenvalue weighted by Gasteiger charge is -2.26. The highest BCUT2D eigenvalue weighted by atomic mass is 35.5. The van der Waals surface area contributed by atoms with E-state index >= 15 is 0 Å². The van der Waals surface area contributed by atoms with Gasteiger partial charge in [0.1, 0.15) is 5.75 Å². The Bertz CT molecular complexity index is 683. The van der Waals surface area contributed by atoms with Crippen molar-refractivity contribution in [3.63, 3.8) is 0 Å². The average Bonchev–Trinajstić information content (AvgIpc) is 2.89. The van der Waals surface area contributed by atoms with Crippen LogP contribution in [-0.4, -0.2) is 29.8 Å². The molecule has 1 N–H and O–H groups in total. The molecule has 1 saturated heterocycles. The van der Waals surface area contributed by atoms with Gasteiger partial charge in [0.2, 0.25) is 0 Å². The van der Waals surface area contributed by atoms with Crippen LogP contribution in [0.1, 0.15) is 18.0 Å². The molecule has 116 valence electrons. The summed E-state index contributed by atoms with van der Waals surface area (Å²) in [4.78, 5) is 5.86. The van der Waals surface area contributed by atoms with Crippen molar-refractivity contribution in [3.05, 3.63) is 52.9 Å². The highest BCUT2D eigenvalue weighted by Crippen LogP contribution is 2.37. The van der Waals surface area contributed by atoms with E-state index in [0.717, 1.165) is 11.3 Å². The van der Waals surface area contributed by atoms with E-state index in [-0.39, 0.29) is 16.9 Å². The maximum atomic E-state index is 14.2. The zero-order valence-corrected chi connectivity index (χ0v) is 12.8. The summed E-state index contributed by atoms with van der Waals surface area (Å²) in [5.74, 6) is 0.437. The lowest BCUT2D eigenvalue weighted by atomic mass is 10.0. The van der Waals surface area contributed by atoms with Gasteiger partial charge < -0.3 is 14.7 Å². The Morgan fingerprint density at radius 2 is 2.23 bits per heavy atom. The van der Waals surface area contributed by atoms with Crippen molar-refractivity contribution in [2.75, 3.05) is 18.6 Å². The number of anilines is 1. The van der Waals surface area contributed by atoms with Crippen LogP contribution in [0.3, 0.4) is 0 Å². The SMILES string of the molecule is COc1cccc([C@H]2C[C@@H](O)CN2c2ncc(Cl)cc2F)c1. The van der Waals surface area contributed by atoms with Gasteiger partial charge in [-0.3, -0.25) is 0 Å². The second kappa shape index (κ2) is 6.10. The van der Waals surface area contributed by atoms with E-state index in [1.165, 1.54) is 12.3 Å². The minimum Gasteiger partial charge on any atom is -0.497 e. The molecule has 0 unspecified atom stereocenters. The second-order valence-corrected chi connectivity index (χ2v) is 5.73. The molecule has 22 heavy (non-hydrogen) atoms. The number of β-amino-alcohol motifs (C(OH)–C–C–N with tert-alkyl or cyclic N) is 1. The van der Waals surface area contributed by atoms with E-state index in [1.807, 2.05) is 24.3 Å². The number of hydrogen-bond acceptors (Lipinski definition) is 4. The molecule has 4 nitrogen and oxygen atoms in total. The van der Waals surface area contributed by atoms with Crippen molar-refractivity contribution in [2.24, 2.45) is 0 Å². The summed E-state index contributed by atoms with van der Waals surface area (Å²) in [6.45, 7) is 0.327. The Hall–Kier alpha value is -1.85. The average molecular weight is 323 g/mol. The van der Waals surface area contributed by atoms with Gasteiger partial charge in [0, 0.05) is 12.7 Å². The van der Waals surface area contributed by atoms with Crippen molar-refractivity contribution >= 4 is 17.4 Å². The van der Waals surface area contributed by atoms with Crippen molar-refractivity contribution in [3.8, 4) is 5.75 Å². The van der Waals surface area contributed by atoms with Crippen LogP contribution in [0.5, 0.6) is 5.75 Å². The molecule has 0 aliphatic carbocycles. The number of hydrogen-bond donors (Lipinski definition) is 1. The maximum absolute atomic E-state index is 14.2. The number of benzene rings is 1. The molecule has 2 atom stereocenters. The zero-order chi connectivity index (χ0) is 15.7. The Labute approximate surface area is 133 Å². The summed E-state index contributed by atoms with van der Waals surface area (Å²) < 4.78 is 19.4. The normalized spacial score (nSPS) is 21.2. The van der Waals surface area contributed by atoms with Crippen molar-refractivity contribution in [1.82, 2.24) is 4.98 Å². The smallest absolute Gasteiger partial charge is 0.167 e. The number of methoxy groups -OCH3 is 1. The zero-order valence-electron chi connectivity index (χ0n) is 12.0. The molecule has 2 aromatic rings. The number of aliphatic hydroxyl groups is 1. The number of ether oxygens (including phenoxy) is 1. The monoisotopic (exact) mass is 322 g/mol. The number of aliphatic hydroxyl groups excluding tert-OH is 1. The molecule has 2 heterocycles. The van der Waals surface area contributed by atoms with Crippen LogP contribution in [0, 0.1) is 5.82 Å². The van der Waals surface area contributed by atoms with Gasteiger partial charge in [-0.1, -0.05) is 23.7 Å². The molecule has 0 amide bonds. The van der Waals surface area contributed by atoms with Crippen LogP contribution >= 0.6 is 11.6 Å². The summed E-state index contributed by atoms with van der Waals surface area (Å²) in [6, 6.07) is 8.63. The molecule has 0 bridgehead atoms. The molecule has 3 rings (SSSR count).